The van der Waals surface area contributed by atoms with Crippen LogP contribution in [0.3, 0.4) is 0 Å². The molecule has 1 unspecified atom stereocenters. The van der Waals surface area contributed by atoms with Crippen LogP contribution < -0.4 is 11.1 Å². The fraction of sp³-hybridized carbons (Fsp3) is 0.188. The average molecular weight is 289 g/mol. The summed E-state index contributed by atoms with van der Waals surface area (Å²) in [6.45, 7) is 3.80. The molecule has 2 aromatic rings. The van der Waals surface area contributed by atoms with Gasteiger partial charge in [0.25, 0.3) is 5.91 Å². The van der Waals surface area contributed by atoms with Crippen molar-refractivity contribution in [3.8, 4) is 0 Å². The van der Waals surface area contributed by atoms with Crippen LogP contribution in [-0.4, -0.2) is 5.91 Å². The van der Waals surface area contributed by atoms with E-state index in [1.165, 1.54) is 0 Å². The van der Waals surface area contributed by atoms with Gasteiger partial charge in [-0.3, -0.25) is 4.79 Å². The van der Waals surface area contributed by atoms with Gasteiger partial charge in [0, 0.05) is 16.3 Å². The molecule has 0 saturated carbocycles. The normalized spacial score (nSPS) is 11.9. The van der Waals surface area contributed by atoms with Crippen LogP contribution in [0.15, 0.2) is 42.5 Å². The van der Waals surface area contributed by atoms with Gasteiger partial charge in [-0.05, 0) is 43.2 Å². The molecule has 0 heterocycles. The molecule has 4 heteroatoms. The first-order chi connectivity index (χ1) is 9.49. The van der Waals surface area contributed by atoms with E-state index in [4.69, 9.17) is 17.3 Å². The van der Waals surface area contributed by atoms with Crippen molar-refractivity contribution in [2.75, 3.05) is 5.73 Å². The number of benzene rings is 2. The highest BCUT2D eigenvalue weighted by atomic mass is 35.5. The number of para-hydroxylation sites is 1. The number of amides is 1. The van der Waals surface area contributed by atoms with E-state index >= 15 is 0 Å². The number of hydrogen-bond donors (Lipinski definition) is 2. The first-order valence-corrected chi connectivity index (χ1v) is 6.78. The topological polar surface area (TPSA) is 55.1 Å². The third-order valence-corrected chi connectivity index (χ3v) is 3.65. The second-order valence-corrected chi connectivity index (χ2v) is 5.20. The number of carbonyl (C=O) groups is 1. The molecule has 0 spiro atoms. The maximum Gasteiger partial charge on any atom is 0.251 e. The van der Waals surface area contributed by atoms with Crippen LogP contribution in [0, 0.1) is 6.92 Å². The lowest BCUT2D eigenvalue weighted by molar-refractivity contribution is 0.0940. The number of nitrogens with one attached hydrogen (secondary N) is 1. The molecule has 0 aromatic heterocycles. The molecule has 3 N–H and O–H groups in total. The SMILES string of the molecule is Cc1ccc(C(=O)NC(C)c2ccccc2N)cc1Cl. The largest absolute Gasteiger partial charge is 0.398 e. The number of rotatable bonds is 3. The predicted molar refractivity (Wildman–Crippen MR) is 82.9 cm³/mol. The summed E-state index contributed by atoms with van der Waals surface area (Å²) in [5, 5.41) is 3.51. The van der Waals surface area contributed by atoms with Crippen molar-refractivity contribution in [2.45, 2.75) is 19.9 Å². The van der Waals surface area contributed by atoms with Crippen molar-refractivity contribution in [3.05, 3.63) is 64.2 Å². The van der Waals surface area contributed by atoms with E-state index < -0.39 is 0 Å². The molecule has 0 radical (unpaired) electrons. The Morgan fingerprint density at radius 3 is 2.60 bits per heavy atom. The molecule has 0 saturated heterocycles. The van der Waals surface area contributed by atoms with Gasteiger partial charge in [0.15, 0.2) is 0 Å². The third-order valence-electron chi connectivity index (χ3n) is 3.24. The zero-order chi connectivity index (χ0) is 14.7. The zero-order valence-electron chi connectivity index (χ0n) is 11.5. The van der Waals surface area contributed by atoms with Crippen molar-refractivity contribution < 1.29 is 4.79 Å². The van der Waals surface area contributed by atoms with Gasteiger partial charge in [-0.1, -0.05) is 35.9 Å². The molecular weight excluding hydrogens is 272 g/mol. The minimum atomic E-state index is -0.164. The standard InChI is InChI=1S/C16H17ClN2O/c1-10-7-8-12(9-14(10)17)16(20)19-11(2)13-5-3-4-6-15(13)18/h3-9,11H,18H2,1-2H3,(H,19,20). The Hall–Kier alpha value is -2.00. The molecule has 2 aromatic carbocycles. The van der Waals surface area contributed by atoms with E-state index in [2.05, 4.69) is 5.32 Å². The minimum Gasteiger partial charge on any atom is -0.398 e. The number of nitrogen functional groups attached to an aromatic ring is 1. The molecule has 3 nitrogen and oxygen atoms in total. The molecule has 0 bridgehead atoms. The van der Waals surface area contributed by atoms with Crippen LogP contribution in [0.2, 0.25) is 5.02 Å². The van der Waals surface area contributed by atoms with Gasteiger partial charge < -0.3 is 11.1 Å². The van der Waals surface area contributed by atoms with E-state index in [1.807, 2.05) is 44.2 Å². The van der Waals surface area contributed by atoms with Gasteiger partial charge >= 0.3 is 0 Å². The second-order valence-electron chi connectivity index (χ2n) is 4.79. The van der Waals surface area contributed by atoms with Crippen LogP contribution in [0.5, 0.6) is 0 Å². The van der Waals surface area contributed by atoms with Crippen LogP contribution in [0.1, 0.15) is 34.5 Å². The van der Waals surface area contributed by atoms with Crippen LogP contribution in [-0.2, 0) is 0 Å². The maximum atomic E-state index is 12.2. The molecule has 104 valence electrons. The monoisotopic (exact) mass is 288 g/mol. The van der Waals surface area contributed by atoms with E-state index in [9.17, 15) is 4.79 Å². The molecule has 1 atom stereocenters. The van der Waals surface area contributed by atoms with Gasteiger partial charge in [-0.15, -0.1) is 0 Å². The summed E-state index contributed by atoms with van der Waals surface area (Å²) in [7, 11) is 0. The Morgan fingerprint density at radius 2 is 1.95 bits per heavy atom. The Morgan fingerprint density at radius 1 is 1.25 bits per heavy atom. The first kappa shape index (κ1) is 14.4. The number of nitrogens with two attached hydrogens (primary N) is 1. The summed E-state index contributed by atoms with van der Waals surface area (Å²) in [4.78, 5) is 12.2. The Balaban J connectivity index is 2.15. The van der Waals surface area contributed by atoms with Crippen LogP contribution in [0.4, 0.5) is 5.69 Å². The van der Waals surface area contributed by atoms with E-state index in [1.54, 1.807) is 12.1 Å². The highest BCUT2D eigenvalue weighted by Crippen LogP contribution is 2.21. The average Bonchev–Trinajstić information content (AvgIpc) is 2.42. The number of hydrogen-bond acceptors (Lipinski definition) is 2. The first-order valence-electron chi connectivity index (χ1n) is 6.40. The van der Waals surface area contributed by atoms with Crippen molar-refractivity contribution in [1.29, 1.82) is 0 Å². The summed E-state index contributed by atoms with van der Waals surface area (Å²) < 4.78 is 0. The smallest absolute Gasteiger partial charge is 0.251 e. The van der Waals surface area contributed by atoms with Crippen LogP contribution >= 0.6 is 11.6 Å². The quantitative estimate of drug-likeness (QED) is 0.846. The fourth-order valence-corrected chi connectivity index (χ4v) is 2.18. The third kappa shape index (κ3) is 3.11. The number of anilines is 1. The zero-order valence-corrected chi connectivity index (χ0v) is 12.2. The van der Waals surface area contributed by atoms with E-state index in [-0.39, 0.29) is 11.9 Å². The van der Waals surface area contributed by atoms with E-state index in [0.29, 0.717) is 16.3 Å². The summed E-state index contributed by atoms with van der Waals surface area (Å²) in [6.07, 6.45) is 0. The Bertz CT molecular complexity index is 640. The van der Waals surface area contributed by atoms with Crippen molar-refractivity contribution >= 4 is 23.2 Å². The van der Waals surface area contributed by atoms with Gasteiger partial charge in [-0.25, -0.2) is 0 Å². The number of carbonyl (C=O) groups excluding carboxylic acids is 1. The number of halogens is 1. The van der Waals surface area contributed by atoms with Crippen molar-refractivity contribution in [2.24, 2.45) is 0 Å². The second kappa shape index (κ2) is 5.97. The summed E-state index contributed by atoms with van der Waals surface area (Å²) in [6, 6.07) is 12.6. The lowest BCUT2D eigenvalue weighted by Crippen LogP contribution is -2.27. The molecule has 2 rings (SSSR count). The molecule has 20 heavy (non-hydrogen) atoms. The minimum absolute atomic E-state index is 0.163. The lowest BCUT2D eigenvalue weighted by atomic mass is 10.1. The molecule has 0 aliphatic rings. The Kier molecular flexibility index (Phi) is 4.30. The summed E-state index contributed by atoms with van der Waals surface area (Å²) in [5.74, 6) is -0.164. The maximum absolute atomic E-state index is 12.2. The highest BCUT2D eigenvalue weighted by molar-refractivity contribution is 6.31. The van der Waals surface area contributed by atoms with E-state index in [0.717, 1.165) is 11.1 Å². The molecule has 0 aliphatic heterocycles. The van der Waals surface area contributed by atoms with Crippen molar-refractivity contribution in [1.82, 2.24) is 5.32 Å². The lowest BCUT2D eigenvalue weighted by Gasteiger charge is -2.16. The summed E-state index contributed by atoms with van der Waals surface area (Å²) >= 11 is 6.04. The van der Waals surface area contributed by atoms with Gasteiger partial charge in [-0.2, -0.15) is 0 Å². The van der Waals surface area contributed by atoms with Gasteiger partial charge in [0.2, 0.25) is 0 Å². The van der Waals surface area contributed by atoms with Gasteiger partial charge in [0.05, 0.1) is 6.04 Å². The summed E-state index contributed by atoms with van der Waals surface area (Å²) in [5.41, 5.74) is 8.97. The number of aryl methyl sites for hydroxylation is 1. The van der Waals surface area contributed by atoms with Crippen molar-refractivity contribution in [3.63, 3.8) is 0 Å². The highest BCUT2D eigenvalue weighted by Gasteiger charge is 2.13. The molecule has 1 amide bonds. The molecular formula is C16H17ClN2O. The van der Waals surface area contributed by atoms with Gasteiger partial charge in [0.1, 0.15) is 0 Å². The fourth-order valence-electron chi connectivity index (χ4n) is 2.00. The molecule has 0 fully saturated rings. The predicted octanol–water partition coefficient (Wildman–Crippen LogP) is 3.72. The molecule has 0 aliphatic carbocycles. The van der Waals surface area contributed by atoms with Crippen LogP contribution in [0.25, 0.3) is 0 Å². The Labute approximate surface area is 123 Å².